The molecule has 7 rings (SSSR count). The molecule has 0 amide bonds. The third kappa shape index (κ3) is 9.05. The van der Waals surface area contributed by atoms with Gasteiger partial charge in [0.05, 0.1) is 0 Å². The molecule has 0 atom stereocenters. The first-order valence-corrected chi connectivity index (χ1v) is 23.3. The zero-order valence-corrected chi connectivity index (χ0v) is 31.5. The molecule has 0 aromatic heterocycles. The second kappa shape index (κ2) is 17.6. The van der Waals surface area contributed by atoms with Gasteiger partial charge in [0.1, 0.15) is 0 Å². The average molecular weight is 721 g/mol. The Morgan fingerprint density at radius 2 is 1.07 bits per heavy atom. The summed E-state index contributed by atoms with van der Waals surface area (Å²) in [4.78, 5) is 0. The van der Waals surface area contributed by atoms with Crippen LogP contribution in [0, 0.1) is 20.8 Å². The zero-order valence-electron chi connectivity index (χ0n) is 26.5. The number of aryl methyl sites for hydroxylation is 3. The molecule has 0 saturated carbocycles. The van der Waals surface area contributed by atoms with Gasteiger partial charge in [-0.3, -0.25) is 0 Å². The number of rotatable bonds is 3. The monoisotopic (exact) mass is 718 g/mol. The molecule has 0 aliphatic carbocycles. The summed E-state index contributed by atoms with van der Waals surface area (Å²) in [6.45, 7) is 10.8. The summed E-state index contributed by atoms with van der Waals surface area (Å²) < 4.78 is 0. The molecule has 0 unspecified atom stereocenters. The summed E-state index contributed by atoms with van der Waals surface area (Å²) in [7, 11) is 11.0. The van der Waals surface area contributed by atoms with Crippen molar-refractivity contribution < 1.29 is 20.8 Å². The molecular weight excluding hydrogens is 683 g/mol. The van der Waals surface area contributed by atoms with Crippen LogP contribution in [0.1, 0.15) is 16.7 Å². The van der Waals surface area contributed by atoms with Crippen molar-refractivity contribution in [1.29, 1.82) is 0 Å². The molecule has 0 bridgehead atoms. The molecule has 0 heterocycles. The van der Waals surface area contributed by atoms with Crippen LogP contribution in [0.15, 0.2) is 140 Å². The summed E-state index contributed by atoms with van der Waals surface area (Å²) in [6, 6.07) is 49.9. The summed E-state index contributed by atoms with van der Waals surface area (Å²) in [5.74, 6) is 0. The van der Waals surface area contributed by atoms with Crippen LogP contribution >= 0.6 is 17.0 Å². The first-order chi connectivity index (χ1) is 21.9. The SMILES string of the molecule is C[Si]C.Cc1cc2c(-c3ccccc3)ccc(C)c2[cH-]1.Cc1ccccc1-c1cc2c(-c3ccccc3)cccc2[cH-]1.[Cl][Zr+2][Cl]. The van der Waals surface area contributed by atoms with Crippen molar-refractivity contribution in [3.8, 4) is 33.4 Å². The first-order valence-electron chi connectivity index (χ1n) is 15.0. The van der Waals surface area contributed by atoms with E-state index in [1.165, 1.54) is 71.6 Å². The zero-order chi connectivity index (χ0) is 32.2. The molecule has 0 spiro atoms. The summed E-state index contributed by atoms with van der Waals surface area (Å²) in [5, 5.41) is 5.38. The Morgan fingerprint density at radius 1 is 0.533 bits per heavy atom. The second-order valence-corrected chi connectivity index (χ2v) is 15.7. The molecule has 0 aliphatic heterocycles. The van der Waals surface area contributed by atoms with Gasteiger partial charge in [-0.15, -0.1) is 68.6 Å². The van der Waals surface area contributed by atoms with E-state index in [1.807, 2.05) is 0 Å². The third-order valence-corrected chi connectivity index (χ3v) is 7.63. The molecule has 0 nitrogen and oxygen atoms in total. The van der Waals surface area contributed by atoms with Gasteiger partial charge in [-0.05, 0) is 18.1 Å². The van der Waals surface area contributed by atoms with Crippen molar-refractivity contribution in [1.82, 2.24) is 0 Å². The molecule has 45 heavy (non-hydrogen) atoms. The van der Waals surface area contributed by atoms with E-state index < -0.39 is 20.8 Å². The van der Waals surface area contributed by atoms with Crippen LogP contribution in [-0.4, -0.2) is 9.52 Å². The molecular formula is C41H38Cl2SiZr. The third-order valence-electron chi connectivity index (χ3n) is 7.63. The molecule has 0 aliphatic rings. The number of hydrogen-bond acceptors (Lipinski definition) is 0. The fraction of sp³-hybridized carbons (Fsp3) is 0.122. The molecule has 0 N–H and O–H groups in total. The van der Waals surface area contributed by atoms with Gasteiger partial charge < -0.3 is 0 Å². The van der Waals surface area contributed by atoms with E-state index in [4.69, 9.17) is 17.0 Å². The van der Waals surface area contributed by atoms with E-state index in [-0.39, 0.29) is 0 Å². The second-order valence-electron chi connectivity index (χ2n) is 11.0. The maximum absolute atomic E-state index is 4.93. The van der Waals surface area contributed by atoms with Gasteiger partial charge in [0.2, 0.25) is 0 Å². The Labute approximate surface area is 290 Å². The van der Waals surface area contributed by atoms with E-state index in [9.17, 15) is 0 Å². The number of halogens is 2. The summed E-state index contributed by atoms with van der Waals surface area (Å²) in [6.07, 6.45) is 0. The van der Waals surface area contributed by atoms with Crippen molar-refractivity contribution in [2.24, 2.45) is 0 Å². The molecule has 0 saturated heterocycles. The fourth-order valence-corrected chi connectivity index (χ4v) is 5.62. The standard InChI is InChI=1S/C22H17.C17H15.C2H6Si.2ClH.Zr/c1-16-8-5-6-12-20(16)19-14-18-11-7-13-21(22(18)15-19)17-9-3-2-4-10-17;1-12-10-16-13(2)8-9-15(17(16)11-12)14-6-4-3-5-7-14;1-3-2;;;/h2-15H,1H3;3-11H,1-2H3;1-2H3;2*1H;/q2*-1;;;;+4/p-2. The quantitative estimate of drug-likeness (QED) is 0.126. The van der Waals surface area contributed by atoms with Crippen LogP contribution in [-0.2, 0) is 20.8 Å². The van der Waals surface area contributed by atoms with Crippen molar-refractivity contribution in [3.05, 3.63) is 156 Å². The van der Waals surface area contributed by atoms with Crippen molar-refractivity contribution in [3.63, 3.8) is 0 Å². The van der Waals surface area contributed by atoms with Crippen LogP contribution in [0.3, 0.4) is 0 Å². The van der Waals surface area contributed by atoms with E-state index in [2.05, 4.69) is 173 Å². The Bertz CT molecular complexity index is 1920. The molecule has 4 heteroatoms. The van der Waals surface area contributed by atoms with Gasteiger partial charge in [0.15, 0.2) is 0 Å². The summed E-state index contributed by atoms with van der Waals surface area (Å²) in [5.41, 5.74) is 11.8. The predicted octanol–water partition coefficient (Wildman–Crippen LogP) is 13.2. The van der Waals surface area contributed by atoms with E-state index in [1.54, 1.807) is 0 Å². The number of fused-ring (bicyclic) bond motifs is 2. The van der Waals surface area contributed by atoms with Crippen LogP contribution in [0.4, 0.5) is 0 Å². The van der Waals surface area contributed by atoms with Crippen LogP contribution in [0.2, 0.25) is 13.1 Å². The van der Waals surface area contributed by atoms with Crippen LogP contribution in [0.5, 0.6) is 0 Å². The van der Waals surface area contributed by atoms with Gasteiger partial charge in [0.25, 0.3) is 0 Å². The Morgan fingerprint density at radius 3 is 1.67 bits per heavy atom. The van der Waals surface area contributed by atoms with Gasteiger partial charge in [0, 0.05) is 9.52 Å². The Balaban J connectivity index is 0.000000179. The maximum atomic E-state index is 4.93. The predicted molar refractivity (Wildman–Crippen MR) is 199 cm³/mol. The molecule has 7 aromatic carbocycles. The van der Waals surface area contributed by atoms with Crippen molar-refractivity contribution >= 4 is 48.1 Å². The van der Waals surface area contributed by atoms with Gasteiger partial charge in [-0.25, -0.2) is 0 Å². The normalized spacial score (nSPS) is 10.1. The topological polar surface area (TPSA) is 0 Å². The Hall–Kier alpha value is -3.00. The van der Waals surface area contributed by atoms with E-state index in [0.29, 0.717) is 0 Å². The Kier molecular flexibility index (Phi) is 13.7. The van der Waals surface area contributed by atoms with Crippen LogP contribution < -0.4 is 0 Å². The van der Waals surface area contributed by atoms with Gasteiger partial charge in [-0.2, -0.15) is 6.07 Å². The molecule has 2 radical (unpaired) electrons. The number of benzene rings is 5. The molecule has 7 aromatic rings. The molecule has 224 valence electrons. The minimum atomic E-state index is -0.826. The minimum absolute atomic E-state index is 0.826. The van der Waals surface area contributed by atoms with Gasteiger partial charge in [-0.1, -0.05) is 152 Å². The average Bonchev–Trinajstić information content (AvgIpc) is 3.67. The summed E-state index contributed by atoms with van der Waals surface area (Å²) >= 11 is -0.826. The fourth-order valence-electron chi connectivity index (χ4n) is 5.62. The first kappa shape index (κ1) is 34.9. The van der Waals surface area contributed by atoms with Crippen LogP contribution in [0.25, 0.3) is 54.9 Å². The van der Waals surface area contributed by atoms with Crippen molar-refractivity contribution in [2.75, 3.05) is 0 Å². The number of hydrogen-bond donors (Lipinski definition) is 0. The van der Waals surface area contributed by atoms with E-state index >= 15 is 0 Å². The van der Waals surface area contributed by atoms with Gasteiger partial charge >= 0.3 is 37.9 Å². The van der Waals surface area contributed by atoms with Crippen molar-refractivity contribution in [2.45, 2.75) is 33.9 Å². The van der Waals surface area contributed by atoms with E-state index in [0.717, 1.165) is 9.52 Å². The molecule has 0 fully saturated rings.